The number of benzene rings is 3. The fourth-order valence-electron chi connectivity index (χ4n) is 3.76. The van der Waals surface area contributed by atoms with E-state index in [1.807, 2.05) is 47.0 Å². The molecule has 0 aliphatic heterocycles. The Bertz CT molecular complexity index is 1320. The van der Waals surface area contributed by atoms with Crippen LogP contribution in [0.4, 0.5) is 0 Å². The lowest BCUT2D eigenvalue weighted by Crippen LogP contribution is -2.11. The molecule has 0 saturated carbocycles. The number of carbonyl (C=O) groups is 1. The molecule has 5 nitrogen and oxygen atoms in total. The summed E-state index contributed by atoms with van der Waals surface area (Å²) in [7, 11) is 0. The van der Waals surface area contributed by atoms with Gasteiger partial charge >= 0.3 is 0 Å². The average molecular weight is 589 g/mol. The van der Waals surface area contributed by atoms with Crippen molar-refractivity contribution in [3.05, 3.63) is 106 Å². The van der Waals surface area contributed by atoms with Crippen molar-refractivity contribution < 1.29 is 9.53 Å². The number of aromatic nitrogens is 3. The number of halogens is 3. The van der Waals surface area contributed by atoms with Crippen LogP contribution in [0.1, 0.15) is 54.8 Å². The van der Waals surface area contributed by atoms with Gasteiger partial charge in [0.15, 0.2) is 11.6 Å². The molecule has 0 amide bonds. The van der Waals surface area contributed by atoms with Crippen LogP contribution in [-0.4, -0.2) is 20.5 Å². The Morgan fingerprint density at radius 1 is 0.917 bits per heavy atom. The Labute approximate surface area is 232 Å². The van der Waals surface area contributed by atoms with Gasteiger partial charge < -0.3 is 4.74 Å². The monoisotopic (exact) mass is 587 g/mol. The second-order valence-corrected chi connectivity index (χ2v) is 10.2. The summed E-state index contributed by atoms with van der Waals surface area (Å²) in [6.07, 6.45) is 0.640. The first-order valence-electron chi connectivity index (χ1n) is 11.4. The first-order chi connectivity index (χ1) is 16.7. The summed E-state index contributed by atoms with van der Waals surface area (Å²) in [5.41, 5.74) is 2.68. The molecule has 0 saturated heterocycles. The molecule has 4 aromatic rings. The topological polar surface area (TPSA) is 57.0 Å². The third kappa shape index (κ3) is 6.75. The van der Waals surface area contributed by atoms with E-state index in [9.17, 15) is 4.79 Å². The van der Waals surface area contributed by atoms with E-state index in [1.54, 1.807) is 18.2 Å². The Kier molecular flexibility index (Phi) is 9.34. The van der Waals surface area contributed by atoms with Crippen molar-refractivity contribution in [3.63, 3.8) is 0 Å². The lowest BCUT2D eigenvalue weighted by molar-refractivity contribution is 0.0982. The number of ether oxygens (including phenoxy) is 1. The maximum Gasteiger partial charge on any atom is 0.175 e. The highest BCUT2D eigenvalue weighted by molar-refractivity contribution is 8.93. The summed E-state index contributed by atoms with van der Waals surface area (Å²) in [6.45, 7) is 6.78. The molecule has 0 radical (unpaired) electrons. The number of nitrogens with zero attached hydrogens (tertiary/aromatic N) is 3. The molecule has 8 heteroatoms. The van der Waals surface area contributed by atoms with Gasteiger partial charge in [0.2, 0.25) is 0 Å². The van der Waals surface area contributed by atoms with Crippen molar-refractivity contribution in [2.24, 2.45) is 0 Å². The third-order valence-electron chi connectivity index (χ3n) is 5.71. The van der Waals surface area contributed by atoms with Crippen molar-refractivity contribution in [1.82, 2.24) is 14.8 Å². The van der Waals surface area contributed by atoms with E-state index >= 15 is 0 Å². The molecule has 4 rings (SSSR count). The minimum atomic E-state index is -0.0778. The zero-order valence-electron chi connectivity index (χ0n) is 20.4. The number of carbonyl (C=O) groups excluding carboxylic acids is 1. The summed E-state index contributed by atoms with van der Waals surface area (Å²) in [5.74, 6) is 2.01. The van der Waals surface area contributed by atoms with Crippen molar-refractivity contribution in [3.8, 4) is 11.4 Å². The summed E-state index contributed by atoms with van der Waals surface area (Å²) < 4.78 is 7.98. The van der Waals surface area contributed by atoms with Crippen molar-refractivity contribution in [2.75, 3.05) is 0 Å². The van der Waals surface area contributed by atoms with Crippen LogP contribution in [0.3, 0.4) is 0 Å². The highest BCUT2D eigenvalue weighted by atomic mass is 79.9. The number of hydrogen-bond donors (Lipinski definition) is 0. The summed E-state index contributed by atoms with van der Waals surface area (Å²) in [6, 6.07) is 22.8. The van der Waals surface area contributed by atoms with Crippen molar-refractivity contribution in [2.45, 2.75) is 45.6 Å². The number of aryl methyl sites for hydroxylation is 1. The van der Waals surface area contributed by atoms with E-state index in [0.29, 0.717) is 33.7 Å². The molecule has 1 heterocycles. The molecule has 36 heavy (non-hydrogen) atoms. The second-order valence-electron chi connectivity index (χ2n) is 9.31. The second kappa shape index (κ2) is 12.0. The highest BCUT2D eigenvalue weighted by Gasteiger charge is 2.18. The number of hydrogen-bond acceptors (Lipinski definition) is 4. The van der Waals surface area contributed by atoms with Gasteiger partial charge in [0.05, 0.1) is 5.02 Å². The Hall–Kier alpha value is -2.67. The van der Waals surface area contributed by atoms with Gasteiger partial charge in [-0.25, -0.2) is 0 Å². The van der Waals surface area contributed by atoms with E-state index < -0.39 is 0 Å². The fraction of sp³-hybridized carbons (Fsp3) is 0.250. The third-order valence-corrected chi connectivity index (χ3v) is 6.25. The van der Waals surface area contributed by atoms with Crippen LogP contribution < -0.4 is 4.74 Å². The lowest BCUT2D eigenvalue weighted by Gasteiger charge is -2.19. The number of Topliss-reactive ketones (excluding diaryl/α,β-unsaturated/α-hetero) is 1. The normalized spacial score (nSPS) is 11.1. The van der Waals surface area contributed by atoms with E-state index in [0.717, 1.165) is 11.4 Å². The Balaban J connectivity index is 0.00000361. The van der Waals surface area contributed by atoms with Gasteiger partial charge in [-0.15, -0.1) is 27.2 Å². The zero-order chi connectivity index (χ0) is 25.0. The van der Waals surface area contributed by atoms with Gasteiger partial charge in [-0.2, -0.15) is 0 Å². The molecule has 0 bridgehead atoms. The molecule has 0 aliphatic carbocycles. The van der Waals surface area contributed by atoms with Crippen LogP contribution >= 0.6 is 40.2 Å². The van der Waals surface area contributed by atoms with Gasteiger partial charge in [0, 0.05) is 29.1 Å². The van der Waals surface area contributed by atoms with Crippen LogP contribution in [0.15, 0.2) is 72.8 Å². The van der Waals surface area contributed by atoms with Crippen LogP contribution in [0.2, 0.25) is 10.0 Å². The largest absolute Gasteiger partial charge is 0.486 e. The van der Waals surface area contributed by atoms with Gasteiger partial charge in [0.25, 0.3) is 0 Å². The minimum Gasteiger partial charge on any atom is -0.486 e. The SMILES string of the molecule is Br.CC(C)(C)c1ccc(OCc2nnc(CCC(=O)c3ccc(Cl)cc3Cl)n2-c2ccccc2)cc1. The van der Waals surface area contributed by atoms with Gasteiger partial charge in [-0.1, -0.05) is 74.3 Å². The van der Waals surface area contributed by atoms with Crippen LogP contribution in [0, 0.1) is 0 Å². The summed E-state index contributed by atoms with van der Waals surface area (Å²) in [5, 5.41) is 9.60. The maximum atomic E-state index is 12.8. The van der Waals surface area contributed by atoms with E-state index in [-0.39, 0.29) is 41.2 Å². The van der Waals surface area contributed by atoms with E-state index in [4.69, 9.17) is 27.9 Å². The van der Waals surface area contributed by atoms with Gasteiger partial charge in [-0.05, 0) is 53.4 Å². The predicted molar refractivity (Wildman–Crippen MR) is 150 cm³/mol. The minimum absolute atomic E-state index is 0. The standard InChI is InChI=1S/C28H27Cl2N3O2.BrH/c1-28(2,3)19-9-12-22(13-10-19)35-18-27-32-31-26(33(27)21-7-5-4-6-8-21)16-15-25(34)23-14-11-20(29)17-24(23)30;/h4-14,17H,15-16,18H2,1-3H3;1H. The predicted octanol–water partition coefficient (Wildman–Crippen LogP) is 7.84. The van der Waals surface area contributed by atoms with Crippen LogP contribution in [-0.2, 0) is 18.4 Å². The number of rotatable bonds is 8. The molecule has 0 atom stereocenters. The molecule has 0 fully saturated rings. The van der Waals surface area contributed by atoms with Crippen LogP contribution in [0.25, 0.3) is 5.69 Å². The molecule has 0 N–H and O–H groups in total. The lowest BCUT2D eigenvalue weighted by atomic mass is 9.87. The first-order valence-corrected chi connectivity index (χ1v) is 12.2. The van der Waals surface area contributed by atoms with Crippen molar-refractivity contribution in [1.29, 1.82) is 0 Å². The Morgan fingerprint density at radius 3 is 2.22 bits per heavy atom. The van der Waals surface area contributed by atoms with Crippen LogP contribution in [0.5, 0.6) is 5.75 Å². The molecular weight excluding hydrogens is 561 g/mol. The van der Waals surface area contributed by atoms with E-state index in [2.05, 4.69) is 43.1 Å². The summed E-state index contributed by atoms with van der Waals surface area (Å²) in [4.78, 5) is 12.8. The first kappa shape index (κ1) is 27.9. The highest BCUT2D eigenvalue weighted by Crippen LogP contribution is 2.26. The molecule has 1 aromatic heterocycles. The van der Waals surface area contributed by atoms with Gasteiger partial charge in [-0.3, -0.25) is 9.36 Å². The molecule has 3 aromatic carbocycles. The number of ketones is 1. The number of para-hydroxylation sites is 1. The van der Waals surface area contributed by atoms with E-state index in [1.165, 1.54) is 5.56 Å². The quantitative estimate of drug-likeness (QED) is 0.197. The molecule has 0 spiro atoms. The maximum absolute atomic E-state index is 12.8. The van der Waals surface area contributed by atoms with Gasteiger partial charge in [0.1, 0.15) is 18.2 Å². The smallest absolute Gasteiger partial charge is 0.175 e. The molecular formula is C28H28BrCl2N3O2. The summed E-state index contributed by atoms with van der Waals surface area (Å²) >= 11 is 12.2. The fourth-order valence-corrected chi connectivity index (χ4v) is 4.27. The molecule has 0 aliphatic rings. The molecule has 0 unspecified atom stereocenters. The Morgan fingerprint density at radius 2 is 1.58 bits per heavy atom. The van der Waals surface area contributed by atoms with Crippen molar-refractivity contribution >= 4 is 46.0 Å². The average Bonchev–Trinajstić information content (AvgIpc) is 3.24. The molecule has 188 valence electrons. The zero-order valence-corrected chi connectivity index (χ0v) is 23.6.